The number of aryl methyl sites for hydroxylation is 2. The Hall–Kier alpha value is -3.23. The minimum absolute atomic E-state index is 0.160. The predicted molar refractivity (Wildman–Crippen MR) is 89.4 cm³/mol. The molecule has 0 saturated carbocycles. The topological polar surface area (TPSA) is 97.4 Å². The van der Waals surface area contributed by atoms with E-state index in [2.05, 4.69) is 20.5 Å². The molecule has 3 aromatic heterocycles. The lowest BCUT2D eigenvalue weighted by Crippen LogP contribution is -2.42. The van der Waals surface area contributed by atoms with Crippen LogP contribution in [0, 0.1) is 6.92 Å². The minimum atomic E-state index is -0.389. The van der Waals surface area contributed by atoms with Gasteiger partial charge in [-0.1, -0.05) is 0 Å². The van der Waals surface area contributed by atoms with Crippen LogP contribution in [0.15, 0.2) is 24.5 Å². The fourth-order valence-electron chi connectivity index (χ4n) is 2.81. The van der Waals surface area contributed by atoms with E-state index in [4.69, 9.17) is 0 Å². The highest BCUT2D eigenvalue weighted by Crippen LogP contribution is 2.18. The molecule has 0 aliphatic carbocycles. The van der Waals surface area contributed by atoms with Crippen molar-refractivity contribution in [2.75, 3.05) is 18.4 Å². The van der Waals surface area contributed by atoms with Gasteiger partial charge in [0.25, 0.3) is 11.8 Å². The van der Waals surface area contributed by atoms with Crippen LogP contribution in [0.4, 0.5) is 5.69 Å². The molecule has 2 amide bonds. The van der Waals surface area contributed by atoms with Crippen molar-refractivity contribution < 1.29 is 9.59 Å². The maximum absolute atomic E-state index is 12.7. The van der Waals surface area contributed by atoms with Gasteiger partial charge >= 0.3 is 0 Å². The highest BCUT2D eigenvalue weighted by atomic mass is 16.2. The first-order valence-electron chi connectivity index (χ1n) is 7.98. The van der Waals surface area contributed by atoms with Crippen LogP contribution in [0.1, 0.15) is 33.1 Å². The van der Waals surface area contributed by atoms with Gasteiger partial charge in [-0.25, -0.2) is 9.50 Å². The van der Waals surface area contributed by atoms with Crippen LogP contribution in [0.3, 0.4) is 0 Å². The van der Waals surface area contributed by atoms with E-state index in [0.717, 1.165) is 19.5 Å². The average molecular weight is 339 g/mol. The molecule has 0 radical (unpaired) electrons. The Kier molecular flexibility index (Phi) is 3.48. The predicted octanol–water partition coefficient (Wildman–Crippen LogP) is 0.869. The zero-order valence-electron chi connectivity index (χ0n) is 13.9. The number of nitrogens with one attached hydrogen (secondary N) is 1. The standard InChI is InChI=1S/C16H17N7O2/c1-10-18-13-5-4-11(9-23(13)20-10)19-15(24)14-12(8-17-21(14)2)16(25)22-6-3-7-22/h4-5,8-9H,3,6-7H2,1-2H3,(H,19,24). The van der Waals surface area contributed by atoms with Crippen molar-refractivity contribution in [3.8, 4) is 0 Å². The van der Waals surface area contributed by atoms with Gasteiger partial charge in [0.1, 0.15) is 11.5 Å². The molecule has 4 heterocycles. The number of pyridine rings is 1. The second-order valence-corrected chi connectivity index (χ2v) is 6.01. The Bertz CT molecular complexity index is 984. The van der Waals surface area contributed by atoms with E-state index in [0.29, 0.717) is 22.7 Å². The molecule has 0 bridgehead atoms. The van der Waals surface area contributed by atoms with E-state index in [1.807, 2.05) is 0 Å². The van der Waals surface area contributed by atoms with Gasteiger partial charge in [0, 0.05) is 20.1 Å². The molecule has 1 N–H and O–H groups in total. The third kappa shape index (κ3) is 2.63. The summed E-state index contributed by atoms with van der Waals surface area (Å²) in [7, 11) is 1.64. The number of hydrogen-bond donors (Lipinski definition) is 1. The summed E-state index contributed by atoms with van der Waals surface area (Å²) in [5.74, 6) is 0.101. The molecule has 1 aliphatic rings. The summed E-state index contributed by atoms with van der Waals surface area (Å²) < 4.78 is 3.01. The first-order valence-corrected chi connectivity index (χ1v) is 7.98. The lowest BCUT2D eigenvalue weighted by molar-refractivity contribution is 0.0648. The molecule has 0 atom stereocenters. The summed E-state index contributed by atoms with van der Waals surface area (Å²) in [6, 6.07) is 3.51. The summed E-state index contributed by atoms with van der Waals surface area (Å²) >= 11 is 0. The normalized spacial score (nSPS) is 13.8. The van der Waals surface area contributed by atoms with Gasteiger partial charge in [-0.2, -0.15) is 10.2 Å². The van der Waals surface area contributed by atoms with Gasteiger partial charge in [-0.15, -0.1) is 0 Å². The maximum Gasteiger partial charge on any atom is 0.274 e. The van der Waals surface area contributed by atoms with E-state index < -0.39 is 0 Å². The summed E-state index contributed by atoms with van der Waals surface area (Å²) in [6.45, 7) is 3.24. The lowest BCUT2D eigenvalue weighted by atomic mass is 10.1. The molecule has 0 unspecified atom stereocenters. The number of carbonyl (C=O) groups excluding carboxylic acids is 2. The summed E-state index contributed by atoms with van der Waals surface area (Å²) in [6.07, 6.45) is 4.12. The fourth-order valence-corrected chi connectivity index (χ4v) is 2.81. The van der Waals surface area contributed by atoms with Crippen molar-refractivity contribution in [3.05, 3.63) is 41.6 Å². The Morgan fingerprint density at radius 2 is 2.04 bits per heavy atom. The van der Waals surface area contributed by atoms with Gasteiger partial charge < -0.3 is 10.2 Å². The van der Waals surface area contributed by atoms with Crippen molar-refractivity contribution in [1.82, 2.24) is 29.3 Å². The quantitative estimate of drug-likeness (QED) is 0.763. The van der Waals surface area contributed by atoms with Crippen LogP contribution in [0.2, 0.25) is 0 Å². The Balaban J connectivity index is 1.61. The Labute approximate surface area is 143 Å². The average Bonchev–Trinajstić information content (AvgIpc) is 3.06. The van der Waals surface area contributed by atoms with E-state index in [1.54, 1.807) is 41.7 Å². The molecule has 1 fully saturated rings. The first-order chi connectivity index (χ1) is 12.0. The van der Waals surface area contributed by atoms with Gasteiger partial charge in [-0.3, -0.25) is 14.3 Å². The molecule has 9 heteroatoms. The third-order valence-corrected chi connectivity index (χ3v) is 4.22. The zero-order valence-corrected chi connectivity index (χ0v) is 13.9. The Morgan fingerprint density at radius 3 is 2.76 bits per heavy atom. The second kappa shape index (κ2) is 5.69. The molecule has 0 spiro atoms. The molecule has 128 valence electrons. The number of aromatic nitrogens is 5. The maximum atomic E-state index is 12.7. The van der Waals surface area contributed by atoms with Crippen molar-refractivity contribution in [3.63, 3.8) is 0 Å². The third-order valence-electron chi connectivity index (χ3n) is 4.22. The van der Waals surface area contributed by atoms with Gasteiger partial charge in [-0.05, 0) is 25.5 Å². The van der Waals surface area contributed by atoms with E-state index in [9.17, 15) is 9.59 Å². The van der Waals surface area contributed by atoms with E-state index >= 15 is 0 Å². The summed E-state index contributed by atoms with van der Waals surface area (Å²) in [4.78, 5) is 31.1. The second-order valence-electron chi connectivity index (χ2n) is 6.01. The molecule has 1 aliphatic heterocycles. The van der Waals surface area contributed by atoms with Crippen molar-refractivity contribution in [1.29, 1.82) is 0 Å². The molecule has 25 heavy (non-hydrogen) atoms. The minimum Gasteiger partial charge on any atom is -0.338 e. The SMILES string of the molecule is Cc1nc2ccc(NC(=O)c3c(C(=O)N4CCC4)cnn3C)cn2n1. The molecular formula is C16H17N7O2. The van der Waals surface area contributed by atoms with Crippen molar-refractivity contribution in [2.45, 2.75) is 13.3 Å². The molecular weight excluding hydrogens is 322 g/mol. The number of hydrogen-bond acceptors (Lipinski definition) is 5. The van der Waals surface area contributed by atoms with E-state index in [-0.39, 0.29) is 17.5 Å². The molecule has 1 saturated heterocycles. The molecule has 3 aromatic rings. The Morgan fingerprint density at radius 1 is 1.24 bits per heavy atom. The molecule has 9 nitrogen and oxygen atoms in total. The van der Waals surface area contributed by atoms with Gasteiger partial charge in [0.15, 0.2) is 5.65 Å². The highest BCUT2D eigenvalue weighted by molar-refractivity contribution is 6.11. The largest absolute Gasteiger partial charge is 0.338 e. The summed E-state index contributed by atoms with van der Waals surface area (Å²) in [5.41, 5.74) is 1.82. The van der Waals surface area contributed by atoms with Crippen molar-refractivity contribution >= 4 is 23.1 Å². The number of rotatable bonds is 3. The smallest absolute Gasteiger partial charge is 0.274 e. The first kappa shape index (κ1) is 15.3. The fraction of sp³-hybridized carbons (Fsp3) is 0.312. The number of amides is 2. The number of fused-ring (bicyclic) bond motifs is 1. The number of anilines is 1. The number of carbonyl (C=O) groups is 2. The summed E-state index contributed by atoms with van der Waals surface area (Å²) in [5, 5.41) is 11.1. The van der Waals surface area contributed by atoms with Crippen LogP contribution >= 0.6 is 0 Å². The zero-order chi connectivity index (χ0) is 17.6. The van der Waals surface area contributed by atoms with Gasteiger partial charge in [0.2, 0.25) is 0 Å². The van der Waals surface area contributed by atoms with Crippen LogP contribution in [-0.2, 0) is 7.05 Å². The van der Waals surface area contributed by atoms with Crippen molar-refractivity contribution in [2.24, 2.45) is 7.05 Å². The monoisotopic (exact) mass is 339 g/mol. The number of nitrogens with zero attached hydrogens (tertiary/aromatic N) is 6. The van der Waals surface area contributed by atoms with Crippen LogP contribution < -0.4 is 5.32 Å². The molecule has 4 rings (SSSR count). The van der Waals surface area contributed by atoms with Crippen LogP contribution in [0.25, 0.3) is 5.65 Å². The van der Waals surface area contributed by atoms with Crippen LogP contribution in [0.5, 0.6) is 0 Å². The van der Waals surface area contributed by atoms with Gasteiger partial charge in [0.05, 0.1) is 23.6 Å². The highest BCUT2D eigenvalue weighted by Gasteiger charge is 2.28. The van der Waals surface area contributed by atoms with Crippen LogP contribution in [-0.4, -0.2) is 54.2 Å². The van der Waals surface area contributed by atoms with E-state index in [1.165, 1.54) is 10.9 Å². The number of likely N-dealkylation sites (tertiary alicyclic amines) is 1. The molecule has 0 aromatic carbocycles. The lowest BCUT2D eigenvalue weighted by Gasteiger charge is -2.30.